The zero-order valence-corrected chi connectivity index (χ0v) is 15.4. The second kappa shape index (κ2) is 6.89. The van der Waals surface area contributed by atoms with Crippen LogP contribution in [0.4, 0.5) is 0 Å². The highest BCUT2D eigenvalue weighted by Gasteiger charge is 2.17. The number of halogens is 1. The number of rotatable bonds is 5. The molecule has 2 aromatic heterocycles. The molecule has 0 saturated heterocycles. The molecule has 0 amide bonds. The van der Waals surface area contributed by atoms with Gasteiger partial charge in [0.25, 0.3) is 0 Å². The van der Waals surface area contributed by atoms with Gasteiger partial charge in [0.2, 0.25) is 0 Å². The molecular weight excluding hydrogens is 382 g/mol. The smallest absolute Gasteiger partial charge is 0.191 e. The van der Waals surface area contributed by atoms with Crippen molar-refractivity contribution in [2.75, 3.05) is 0 Å². The van der Waals surface area contributed by atoms with E-state index in [1.54, 1.807) is 11.8 Å². The van der Waals surface area contributed by atoms with Crippen molar-refractivity contribution in [3.05, 3.63) is 40.0 Å². The highest BCUT2D eigenvalue weighted by molar-refractivity contribution is 9.10. The fourth-order valence-electron chi connectivity index (χ4n) is 2.01. The number of aryl methyl sites for hydroxylation is 1. The lowest BCUT2D eigenvalue weighted by Crippen LogP contribution is -1.99. The van der Waals surface area contributed by atoms with Gasteiger partial charge in [-0.2, -0.15) is 0 Å². The van der Waals surface area contributed by atoms with Gasteiger partial charge in [-0.25, -0.2) is 0 Å². The molecular formula is C14H14BrN5S2. The standard InChI is InChI=1S/C14H14BrN5S2/c1-3-20-13(12-9(2)16-19-22-12)17-18-14(20)21-8-10-4-6-11(15)7-5-10/h4-7H,3,8H2,1-2H3. The Balaban J connectivity index is 1.81. The zero-order chi connectivity index (χ0) is 15.5. The van der Waals surface area contributed by atoms with Crippen LogP contribution >= 0.6 is 39.2 Å². The average Bonchev–Trinajstić information content (AvgIpc) is 3.12. The van der Waals surface area contributed by atoms with E-state index < -0.39 is 0 Å². The van der Waals surface area contributed by atoms with E-state index in [-0.39, 0.29) is 0 Å². The zero-order valence-electron chi connectivity index (χ0n) is 12.2. The van der Waals surface area contributed by atoms with E-state index in [1.807, 2.05) is 6.92 Å². The molecule has 0 aliphatic rings. The molecule has 0 spiro atoms. The number of benzene rings is 1. The summed E-state index contributed by atoms with van der Waals surface area (Å²) in [4.78, 5) is 0.991. The third-order valence-corrected chi connectivity index (χ3v) is 5.56. The largest absolute Gasteiger partial charge is 0.302 e. The Bertz CT molecular complexity index is 766. The van der Waals surface area contributed by atoms with Crippen molar-refractivity contribution in [3.63, 3.8) is 0 Å². The minimum Gasteiger partial charge on any atom is -0.302 e. The summed E-state index contributed by atoms with van der Waals surface area (Å²) in [7, 11) is 0. The third-order valence-electron chi connectivity index (χ3n) is 3.17. The van der Waals surface area contributed by atoms with E-state index in [1.165, 1.54) is 17.1 Å². The van der Waals surface area contributed by atoms with Crippen molar-refractivity contribution in [1.29, 1.82) is 0 Å². The first-order valence-corrected chi connectivity index (χ1v) is 9.34. The molecule has 3 rings (SSSR count). The van der Waals surface area contributed by atoms with Crippen molar-refractivity contribution >= 4 is 39.2 Å². The molecule has 114 valence electrons. The summed E-state index contributed by atoms with van der Waals surface area (Å²) in [6, 6.07) is 8.33. The molecule has 2 heterocycles. The SMILES string of the molecule is CCn1c(SCc2ccc(Br)cc2)nnc1-c1snnc1C. The van der Waals surface area contributed by atoms with Gasteiger partial charge in [-0.15, -0.1) is 15.3 Å². The Morgan fingerprint density at radius 1 is 1.18 bits per heavy atom. The monoisotopic (exact) mass is 395 g/mol. The Morgan fingerprint density at radius 3 is 2.59 bits per heavy atom. The number of thioether (sulfide) groups is 1. The van der Waals surface area contributed by atoms with E-state index in [4.69, 9.17) is 0 Å². The fraction of sp³-hybridized carbons (Fsp3) is 0.286. The first-order valence-electron chi connectivity index (χ1n) is 6.78. The normalized spacial score (nSPS) is 11.0. The van der Waals surface area contributed by atoms with Crippen molar-refractivity contribution in [2.24, 2.45) is 0 Å². The molecule has 0 aliphatic carbocycles. The van der Waals surface area contributed by atoms with Crippen molar-refractivity contribution in [2.45, 2.75) is 31.3 Å². The highest BCUT2D eigenvalue weighted by Crippen LogP contribution is 2.29. The molecule has 0 aliphatic heterocycles. The molecule has 0 fully saturated rings. The summed E-state index contributed by atoms with van der Waals surface area (Å²) >= 11 is 6.51. The summed E-state index contributed by atoms with van der Waals surface area (Å²) < 4.78 is 7.19. The molecule has 0 bridgehead atoms. The van der Waals surface area contributed by atoms with Crippen molar-refractivity contribution < 1.29 is 0 Å². The minimum atomic E-state index is 0.822. The number of hydrogen-bond acceptors (Lipinski definition) is 6. The van der Waals surface area contributed by atoms with Gasteiger partial charge in [-0.3, -0.25) is 0 Å². The van der Waals surface area contributed by atoms with Crippen LogP contribution in [0.15, 0.2) is 33.9 Å². The fourth-order valence-corrected chi connectivity index (χ4v) is 3.89. The van der Waals surface area contributed by atoms with Gasteiger partial charge in [-0.1, -0.05) is 44.3 Å². The third kappa shape index (κ3) is 3.23. The second-order valence-corrected chi connectivity index (χ2v) is 7.27. The number of hydrogen-bond donors (Lipinski definition) is 0. The number of aromatic nitrogens is 5. The molecule has 0 N–H and O–H groups in total. The molecule has 1 aromatic carbocycles. The van der Waals surface area contributed by atoms with Crippen LogP contribution in [-0.2, 0) is 12.3 Å². The summed E-state index contributed by atoms with van der Waals surface area (Å²) in [5.41, 5.74) is 2.16. The van der Waals surface area contributed by atoms with Gasteiger partial charge in [0, 0.05) is 16.8 Å². The maximum absolute atomic E-state index is 4.33. The van der Waals surface area contributed by atoms with E-state index in [9.17, 15) is 0 Å². The Hall–Kier alpha value is -1.25. The van der Waals surface area contributed by atoms with Crippen LogP contribution in [0, 0.1) is 6.92 Å². The van der Waals surface area contributed by atoms with Gasteiger partial charge in [0.05, 0.1) is 5.69 Å². The van der Waals surface area contributed by atoms with E-state index in [0.29, 0.717) is 0 Å². The van der Waals surface area contributed by atoms with Gasteiger partial charge in [0.1, 0.15) is 4.88 Å². The predicted molar refractivity (Wildman–Crippen MR) is 93.0 cm³/mol. The van der Waals surface area contributed by atoms with Crippen molar-refractivity contribution in [1.82, 2.24) is 24.4 Å². The molecule has 8 heteroatoms. The van der Waals surface area contributed by atoms with E-state index in [2.05, 4.69) is 71.5 Å². The van der Waals surface area contributed by atoms with Gasteiger partial charge < -0.3 is 4.57 Å². The summed E-state index contributed by atoms with van der Waals surface area (Å²) in [6.07, 6.45) is 0. The van der Waals surface area contributed by atoms with Crippen LogP contribution in [0.2, 0.25) is 0 Å². The molecule has 0 radical (unpaired) electrons. The minimum absolute atomic E-state index is 0.822. The van der Waals surface area contributed by atoms with Gasteiger partial charge >= 0.3 is 0 Å². The van der Waals surface area contributed by atoms with Gasteiger partial charge in [-0.05, 0) is 43.1 Å². The highest BCUT2D eigenvalue weighted by atomic mass is 79.9. The van der Waals surface area contributed by atoms with Crippen LogP contribution in [0.3, 0.4) is 0 Å². The predicted octanol–water partition coefficient (Wildman–Crippen LogP) is 4.18. The van der Waals surface area contributed by atoms with Gasteiger partial charge in [0.15, 0.2) is 11.0 Å². The lowest BCUT2D eigenvalue weighted by atomic mass is 10.2. The lowest BCUT2D eigenvalue weighted by molar-refractivity contribution is 0.687. The van der Waals surface area contributed by atoms with Crippen molar-refractivity contribution in [3.8, 4) is 10.7 Å². The summed E-state index contributed by atoms with van der Waals surface area (Å²) in [5.74, 6) is 1.72. The van der Waals surface area contributed by atoms with Crippen LogP contribution in [0.5, 0.6) is 0 Å². The molecule has 5 nitrogen and oxygen atoms in total. The first-order chi connectivity index (χ1) is 10.7. The van der Waals surface area contributed by atoms with Crippen LogP contribution in [-0.4, -0.2) is 24.4 Å². The van der Waals surface area contributed by atoms with E-state index >= 15 is 0 Å². The summed E-state index contributed by atoms with van der Waals surface area (Å²) in [5, 5.41) is 13.6. The van der Waals surface area contributed by atoms with Crippen LogP contribution in [0.25, 0.3) is 10.7 Å². The van der Waals surface area contributed by atoms with E-state index in [0.717, 1.165) is 38.3 Å². The van der Waals surface area contributed by atoms with Crippen LogP contribution < -0.4 is 0 Å². The average molecular weight is 396 g/mol. The molecule has 0 saturated carbocycles. The Labute approximate surface area is 145 Å². The Kier molecular flexibility index (Phi) is 4.90. The maximum Gasteiger partial charge on any atom is 0.191 e. The maximum atomic E-state index is 4.33. The first kappa shape index (κ1) is 15.6. The number of nitrogens with zero attached hydrogens (tertiary/aromatic N) is 5. The van der Waals surface area contributed by atoms with Crippen LogP contribution in [0.1, 0.15) is 18.2 Å². The quantitative estimate of drug-likeness (QED) is 0.606. The lowest BCUT2D eigenvalue weighted by Gasteiger charge is -2.06. The topological polar surface area (TPSA) is 56.5 Å². The Morgan fingerprint density at radius 2 is 1.95 bits per heavy atom. The molecule has 0 atom stereocenters. The molecule has 3 aromatic rings. The summed E-state index contributed by atoms with van der Waals surface area (Å²) in [6.45, 7) is 4.87. The molecule has 22 heavy (non-hydrogen) atoms. The molecule has 0 unspecified atom stereocenters. The second-order valence-electron chi connectivity index (χ2n) is 4.65.